The van der Waals surface area contributed by atoms with Crippen LogP contribution in [-0.2, 0) is 0 Å². The van der Waals surface area contributed by atoms with E-state index < -0.39 is 0 Å². The number of nitrogens with zero attached hydrogens (tertiary/aromatic N) is 3. The van der Waals surface area contributed by atoms with E-state index in [9.17, 15) is 5.26 Å². The van der Waals surface area contributed by atoms with E-state index in [-0.39, 0.29) is 6.04 Å². The summed E-state index contributed by atoms with van der Waals surface area (Å²) in [6, 6.07) is 11.8. The van der Waals surface area contributed by atoms with Crippen molar-refractivity contribution in [3.8, 4) is 6.07 Å². The van der Waals surface area contributed by atoms with Crippen molar-refractivity contribution >= 4 is 28.1 Å². The molecular formula is C16H14N4S. The summed E-state index contributed by atoms with van der Waals surface area (Å²) in [5.41, 5.74) is 2.47. The predicted molar refractivity (Wildman–Crippen MR) is 85.3 cm³/mol. The lowest BCUT2D eigenvalue weighted by Gasteiger charge is -2.13. The quantitative estimate of drug-likeness (QED) is 0.791. The third-order valence-corrected chi connectivity index (χ3v) is 4.35. The van der Waals surface area contributed by atoms with Crippen molar-refractivity contribution in [2.75, 3.05) is 5.32 Å². The summed E-state index contributed by atoms with van der Waals surface area (Å²) in [4.78, 5) is 9.05. The first kappa shape index (κ1) is 13.5. The zero-order valence-corrected chi connectivity index (χ0v) is 12.6. The van der Waals surface area contributed by atoms with E-state index in [1.807, 2.05) is 43.5 Å². The van der Waals surface area contributed by atoms with Crippen molar-refractivity contribution in [2.24, 2.45) is 0 Å². The topological polar surface area (TPSA) is 61.6 Å². The largest absolute Gasteiger partial charge is 0.361 e. The maximum Gasteiger partial charge on any atom is 0.128 e. The second kappa shape index (κ2) is 5.51. The summed E-state index contributed by atoms with van der Waals surface area (Å²) in [5.74, 6) is 0.700. The number of fused-ring (bicyclic) bond motifs is 1. The van der Waals surface area contributed by atoms with E-state index in [0.29, 0.717) is 11.4 Å². The molecule has 1 aromatic carbocycles. The number of benzene rings is 1. The van der Waals surface area contributed by atoms with Gasteiger partial charge in [0.1, 0.15) is 10.8 Å². The maximum absolute atomic E-state index is 9.30. The van der Waals surface area contributed by atoms with Crippen molar-refractivity contribution in [1.29, 1.82) is 5.26 Å². The van der Waals surface area contributed by atoms with Crippen LogP contribution in [0.3, 0.4) is 0 Å². The Morgan fingerprint density at radius 3 is 2.81 bits per heavy atom. The molecule has 1 atom stereocenters. The Morgan fingerprint density at radius 2 is 2.10 bits per heavy atom. The van der Waals surface area contributed by atoms with Gasteiger partial charge in [0.15, 0.2) is 0 Å². The number of hydrogen-bond donors (Lipinski definition) is 1. The van der Waals surface area contributed by atoms with Crippen LogP contribution in [0.2, 0.25) is 0 Å². The Labute approximate surface area is 127 Å². The monoisotopic (exact) mass is 294 g/mol. The molecule has 0 aliphatic heterocycles. The first-order valence-electron chi connectivity index (χ1n) is 6.66. The number of hydrogen-bond acceptors (Lipinski definition) is 5. The molecule has 0 aliphatic carbocycles. The third-order valence-electron chi connectivity index (χ3n) is 3.21. The molecule has 4 nitrogen and oxygen atoms in total. The molecule has 3 aromatic rings. The lowest BCUT2D eigenvalue weighted by Crippen LogP contribution is -2.08. The lowest BCUT2D eigenvalue weighted by molar-refractivity contribution is 0.857. The lowest BCUT2D eigenvalue weighted by atomic mass is 10.1. The molecule has 5 heteroatoms. The molecule has 2 heterocycles. The number of nitriles is 1. The Morgan fingerprint density at radius 1 is 1.29 bits per heavy atom. The highest BCUT2D eigenvalue weighted by Crippen LogP contribution is 2.24. The Hall–Kier alpha value is -2.45. The standard InChI is InChI=1S/C16H14N4S/c1-10-9-21-16(18-10)11(2)19-15-7-12(8-17)13-5-3-4-6-14(13)20-15/h3-7,9,11H,1-2H3,(H,19,20). The summed E-state index contributed by atoms with van der Waals surface area (Å²) < 4.78 is 0. The Kier molecular flexibility index (Phi) is 3.55. The van der Waals surface area contributed by atoms with E-state index in [4.69, 9.17) is 0 Å². The van der Waals surface area contributed by atoms with Crippen LogP contribution in [0.5, 0.6) is 0 Å². The van der Waals surface area contributed by atoms with Gasteiger partial charge in [-0.2, -0.15) is 5.26 Å². The molecule has 3 rings (SSSR count). The average molecular weight is 294 g/mol. The molecule has 1 N–H and O–H groups in total. The number of anilines is 1. The number of para-hydroxylation sites is 1. The van der Waals surface area contributed by atoms with E-state index in [2.05, 4.69) is 21.4 Å². The van der Waals surface area contributed by atoms with Crippen LogP contribution >= 0.6 is 11.3 Å². The minimum absolute atomic E-state index is 0.0592. The second-order valence-electron chi connectivity index (χ2n) is 4.88. The highest BCUT2D eigenvalue weighted by atomic mass is 32.1. The molecule has 0 amide bonds. The zero-order valence-electron chi connectivity index (χ0n) is 11.8. The van der Waals surface area contributed by atoms with Crippen molar-refractivity contribution in [3.63, 3.8) is 0 Å². The van der Waals surface area contributed by atoms with Crippen LogP contribution in [0, 0.1) is 18.3 Å². The van der Waals surface area contributed by atoms with Gasteiger partial charge in [-0.3, -0.25) is 0 Å². The summed E-state index contributed by atoms with van der Waals surface area (Å²) in [7, 11) is 0. The predicted octanol–water partition coefficient (Wildman–Crippen LogP) is 4.04. The number of nitrogens with one attached hydrogen (secondary N) is 1. The normalized spacial score (nSPS) is 12.0. The smallest absolute Gasteiger partial charge is 0.128 e. The molecule has 1 unspecified atom stereocenters. The van der Waals surface area contributed by atoms with Crippen LogP contribution in [0.1, 0.15) is 29.2 Å². The molecule has 0 bridgehead atoms. The van der Waals surface area contributed by atoms with Gasteiger partial charge >= 0.3 is 0 Å². The highest BCUT2D eigenvalue weighted by molar-refractivity contribution is 7.09. The average Bonchev–Trinajstić information content (AvgIpc) is 2.93. The van der Waals surface area contributed by atoms with Gasteiger partial charge in [0, 0.05) is 16.5 Å². The van der Waals surface area contributed by atoms with Gasteiger partial charge in [-0.05, 0) is 26.0 Å². The number of thiazole rings is 1. The fourth-order valence-corrected chi connectivity index (χ4v) is 3.00. The Bertz CT molecular complexity index is 832. The van der Waals surface area contributed by atoms with Crippen molar-refractivity contribution in [3.05, 3.63) is 52.0 Å². The molecule has 0 fully saturated rings. The molecule has 0 radical (unpaired) electrons. The van der Waals surface area contributed by atoms with E-state index in [0.717, 1.165) is 21.6 Å². The number of rotatable bonds is 3. The Balaban J connectivity index is 1.96. The molecule has 21 heavy (non-hydrogen) atoms. The second-order valence-corrected chi connectivity index (χ2v) is 5.77. The molecule has 2 aromatic heterocycles. The van der Waals surface area contributed by atoms with Gasteiger partial charge in [0.2, 0.25) is 0 Å². The molecule has 0 spiro atoms. The van der Waals surface area contributed by atoms with Gasteiger partial charge in [0.25, 0.3) is 0 Å². The zero-order chi connectivity index (χ0) is 14.8. The minimum Gasteiger partial charge on any atom is -0.361 e. The number of pyridine rings is 1. The highest BCUT2D eigenvalue weighted by Gasteiger charge is 2.11. The molecule has 0 aliphatic rings. The summed E-state index contributed by atoms with van der Waals surface area (Å²) in [6.45, 7) is 4.02. The van der Waals surface area contributed by atoms with Gasteiger partial charge in [-0.15, -0.1) is 11.3 Å². The molecular weight excluding hydrogens is 280 g/mol. The summed E-state index contributed by atoms with van der Waals surface area (Å²) in [5, 5.41) is 16.5. The van der Waals surface area contributed by atoms with Gasteiger partial charge in [-0.25, -0.2) is 9.97 Å². The fraction of sp³-hybridized carbons (Fsp3) is 0.188. The number of aryl methyl sites for hydroxylation is 1. The van der Waals surface area contributed by atoms with Gasteiger partial charge in [-0.1, -0.05) is 18.2 Å². The van der Waals surface area contributed by atoms with Crippen LogP contribution in [-0.4, -0.2) is 9.97 Å². The fourth-order valence-electron chi connectivity index (χ4n) is 2.20. The third kappa shape index (κ3) is 2.71. The first-order valence-corrected chi connectivity index (χ1v) is 7.54. The van der Waals surface area contributed by atoms with Gasteiger partial charge < -0.3 is 5.32 Å². The minimum atomic E-state index is 0.0592. The van der Waals surface area contributed by atoms with E-state index in [1.54, 1.807) is 17.4 Å². The van der Waals surface area contributed by atoms with Crippen molar-refractivity contribution in [1.82, 2.24) is 9.97 Å². The number of aromatic nitrogens is 2. The molecule has 0 saturated heterocycles. The van der Waals surface area contributed by atoms with Crippen molar-refractivity contribution < 1.29 is 0 Å². The van der Waals surface area contributed by atoms with Crippen LogP contribution in [0.25, 0.3) is 10.9 Å². The summed E-state index contributed by atoms with van der Waals surface area (Å²) >= 11 is 1.62. The summed E-state index contributed by atoms with van der Waals surface area (Å²) in [6.07, 6.45) is 0. The molecule has 0 saturated carbocycles. The van der Waals surface area contributed by atoms with Crippen molar-refractivity contribution in [2.45, 2.75) is 19.9 Å². The van der Waals surface area contributed by atoms with Crippen LogP contribution in [0.4, 0.5) is 5.82 Å². The first-order chi connectivity index (χ1) is 10.2. The van der Waals surface area contributed by atoms with E-state index >= 15 is 0 Å². The molecule has 104 valence electrons. The van der Waals surface area contributed by atoms with Crippen LogP contribution < -0.4 is 5.32 Å². The maximum atomic E-state index is 9.30. The van der Waals surface area contributed by atoms with Gasteiger partial charge in [0.05, 0.1) is 23.2 Å². The van der Waals surface area contributed by atoms with Crippen LogP contribution in [0.15, 0.2) is 35.7 Å². The SMILES string of the molecule is Cc1csc(C(C)Nc2cc(C#N)c3ccccc3n2)n1. The van der Waals surface area contributed by atoms with E-state index in [1.165, 1.54) is 0 Å².